The fourth-order valence-electron chi connectivity index (χ4n) is 1.81. The van der Waals surface area contributed by atoms with E-state index in [2.05, 4.69) is 21.2 Å². The van der Waals surface area contributed by atoms with E-state index >= 15 is 0 Å². The molecule has 0 radical (unpaired) electrons. The van der Waals surface area contributed by atoms with E-state index in [4.69, 9.17) is 11.6 Å². The third-order valence-corrected chi connectivity index (χ3v) is 3.64. The average molecular weight is 327 g/mol. The zero-order chi connectivity index (χ0) is 13.0. The maximum Gasteiger partial charge on any atom is 0.224 e. The number of benzene rings is 2. The fourth-order valence-corrected chi connectivity index (χ4v) is 2.42. The number of anilines is 1. The normalized spacial score (nSPS) is 10.6. The van der Waals surface area contributed by atoms with Crippen molar-refractivity contribution in [2.24, 2.45) is 0 Å². The minimum Gasteiger partial charge on any atom is -0.326 e. The predicted octanol–water partition coefficient (Wildman–Crippen LogP) is 4.56. The van der Waals surface area contributed by atoms with Gasteiger partial charge in [0, 0.05) is 27.8 Å². The van der Waals surface area contributed by atoms with Gasteiger partial charge in [-0.25, -0.2) is 0 Å². The van der Waals surface area contributed by atoms with Crippen molar-refractivity contribution in [2.75, 3.05) is 11.2 Å². The van der Waals surface area contributed by atoms with Gasteiger partial charge in [-0.15, -0.1) is 11.6 Å². The molecule has 0 saturated carbocycles. The van der Waals surface area contributed by atoms with Gasteiger partial charge in [0.25, 0.3) is 0 Å². The number of nitrogens with one attached hydrogen (secondary N) is 1. The molecule has 2 rings (SSSR count). The van der Waals surface area contributed by atoms with Crippen LogP contribution in [0.5, 0.6) is 0 Å². The Morgan fingerprint density at radius 3 is 2.61 bits per heavy atom. The van der Waals surface area contributed by atoms with Crippen molar-refractivity contribution in [2.45, 2.75) is 12.8 Å². The highest BCUT2D eigenvalue weighted by Gasteiger charge is 2.07. The van der Waals surface area contributed by atoms with Gasteiger partial charge in [0.15, 0.2) is 0 Å². The second-order valence-corrected chi connectivity index (χ2v) is 5.21. The Balaban J connectivity index is 2.29. The first-order valence-corrected chi connectivity index (χ1v) is 7.08. The number of hydrogen-bond donors (Lipinski definition) is 1. The number of alkyl halides is 1. The van der Waals surface area contributed by atoms with Gasteiger partial charge < -0.3 is 5.32 Å². The third-order valence-electron chi connectivity index (χ3n) is 2.68. The molecular weight excluding hydrogens is 314 g/mol. The molecule has 0 spiro atoms. The van der Waals surface area contributed by atoms with Gasteiger partial charge in [0.1, 0.15) is 0 Å². The molecule has 4 heteroatoms. The predicted molar refractivity (Wildman–Crippen MR) is 80.2 cm³/mol. The summed E-state index contributed by atoms with van der Waals surface area (Å²) in [5, 5.41) is 5.05. The van der Waals surface area contributed by atoms with Crippen molar-refractivity contribution < 1.29 is 4.79 Å². The van der Waals surface area contributed by atoms with Gasteiger partial charge in [-0.2, -0.15) is 0 Å². The number of rotatable bonds is 4. The van der Waals surface area contributed by atoms with Crippen LogP contribution < -0.4 is 5.32 Å². The molecule has 1 amide bonds. The van der Waals surface area contributed by atoms with E-state index in [1.807, 2.05) is 36.4 Å². The number of amides is 1. The number of hydrogen-bond acceptors (Lipinski definition) is 1. The summed E-state index contributed by atoms with van der Waals surface area (Å²) in [6.07, 6.45) is 1.15. The lowest BCUT2D eigenvalue weighted by atomic mass is 10.1. The van der Waals surface area contributed by atoms with Gasteiger partial charge in [-0.1, -0.05) is 40.2 Å². The molecule has 18 heavy (non-hydrogen) atoms. The second-order valence-electron chi connectivity index (χ2n) is 3.98. The SMILES string of the molecule is O=C(CCCCl)Nc1ccc(Br)c2ccccc12. The summed E-state index contributed by atoms with van der Waals surface area (Å²) < 4.78 is 1.02. The topological polar surface area (TPSA) is 29.1 Å². The number of carbonyl (C=O) groups is 1. The Bertz CT molecular complexity index is 571. The van der Waals surface area contributed by atoms with Crippen LogP contribution in [0.3, 0.4) is 0 Å². The highest BCUT2D eigenvalue weighted by atomic mass is 79.9. The van der Waals surface area contributed by atoms with E-state index in [1.54, 1.807) is 0 Å². The largest absolute Gasteiger partial charge is 0.326 e. The maximum absolute atomic E-state index is 11.7. The minimum atomic E-state index is 0.00289. The standard InChI is InChI=1S/C14H13BrClNO/c15-12-7-8-13(17-14(18)6-3-9-16)11-5-2-1-4-10(11)12/h1-2,4-5,7-8H,3,6,9H2,(H,17,18). The van der Waals surface area contributed by atoms with Gasteiger partial charge in [0.2, 0.25) is 5.91 Å². The summed E-state index contributed by atoms with van der Waals surface area (Å²) in [5.41, 5.74) is 0.841. The Hall–Kier alpha value is -1.06. The highest BCUT2D eigenvalue weighted by molar-refractivity contribution is 9.10. The van der Waals surface area contributed by atoms with Crippen molar-refractivity contribution in [3.63, 3.8) is 0 Å². The lowest BCUT2D eigenvalue weighted by molar-refractivity contribution is -0.116. The van der Waals surface area contributed by atoms with Crippen LogP contribution >= 0.6 is 27.5 Å². The molecule has 0 aliphatic heterocycles. The van der Waals surface area contributed by atoms with Crippen molar-refractivity contribution in [1.82, 2.24) is 0 Å². The zero-order valence-corrected chi connectivity index (χ0v) is 12.1. The zero-order valence-electron chi connectivity index (χ0n) is 9.75. The molecule has 0 heterocycles. The molecule has 2 aromatic carbocycles. The average Bonchev–Trinajstić information content (AvgIpc) is 2.40. The van der Waals surface area contributed by atoms with Gasteiger partial charge >= 0.3 is 0 Å². The van der Waals surface area contributed by atoms with Crippen LogP contribution in [0, 0.1) is 0 Å². The first-order chi connectivity index (χ1) is 8.72. The molecule has 2 aromatic rings. The van der Waals surface area contributed by atoms with Crippen LogP contribution in [0.4, 0.5) is 5.69 Å². The third kappa shape index (κ3) is 3.03. The monoisotopic (exact) mass is 325 g/mol. The molecular formula is C14H13BrClNO. The van der Waals surface area contributed by atoms with Crippen LogP contribution in [0.1, 0.15) is 12.8 Å². The van der Waals surface area contributed by atoms with Crippen LogP contribution in [0.15, 0.2) is 40.9 Å². The number of fused-ring (bicyclic) bond motifs is 1. The van der Waals surface area contributed by atoms with Crippen molar-refractivity contribution in [3.8, 4) is 0 Å². The summed E-state index contributed by atoms with van der Waals surface area (Å²) in [6, 6.07) is 11.8. The smallest absolute Gasteiger partial charge is 0.224 e. The van der Waals surface area contributed by atoms with Gasteiger partial charge in [-0.3, -0.25) is 4.79 Å². The van der Waals surface area contributed by atoms with Crippen molar-refractivity contribution in [1.29, 1.82) is 0 Å². The summed E-state index contributed by atoms with van der Waals surface area (Å²) in [6.45, 7) is 0. The van der Waals surface area contributed by atoms with Crippen LogP contribution in [0.25, 0.3) is 10.8 Å². The fraction of sp³-hybridized carbons (Fsp3) is 0.214. The van der Waals surface area contributed by atoms with Crippen molar-refractivity contribution >= 4 is 49.9 Å². The first-order valence-electron chi connectivity index (χ1n) is 5.75. The van der Waals surface area contributed by atoms with Crippen LogP contribution in [-0.2, 0) is 4.79 Å². The van der Waals surface area contributed by atoms with Crippen LogP contribution in [-0.4, -0.2) is 11.8 Å². The van der Waals surface area contributed by atoms with E-state index in [0.717, 1.165) is 20.9 Å². The van der Waals surface area contributed by atoms with Crippen molar-refractivity contribution in [3.05, 3.63) is 40.9 Å². The molecule has 2 nitrogen and oxygen atoms in total. The molecule has 0 atom stereocenters. The lowest BCUT2D eigenvalue weighted by Gasteiger charge is -2.09. The molecule has 0 bridgehead atoms. The maximum atomic E-state index is 11.7. The molecule has 94 valence electrons. The second kappa shape index (κ2) is 6.21. The van der Waals surface area contributed by atoms with E-state index in [0.29, 0.717) is 18.7 Å². The molecule has 0 saturated heterocycles. The summed E-state index contributed by atoms with van der Waals surface area (Å²) in [5.74, 6) is 0.511. The molecule has 0 aliphatic carbocycles. The summed E-state index contributed by atoms with van der Waals surface area (Å²) in [7, 11) is 0. The molecule has 0 aliphatic rings. The van der Waals surface area contributed by atoms with E-state index in [-0.39, 0.29) is 5.91 Å². The van der Waals surface area contributed by atoms with E-state index < -0.39 is 0 Å². The quantitative estimate of drug-likeness (QED) is 0.820. The Morgan fingerprint density at radius 1 is 1.17 bits per heavy atom. The Morgan fingerprint density at radius 2 is 1.89 bits per heavy atom. The van der Waals surface area contributed by atoms with Gasteiger partial charge in [0.05, 0.1) is 0 Å². The lowest BCUT2D eigenvalue weighted by Crippen LogP contribution is -2.11. The number of halogens is 2. The Kier molecular flexibility index (Phi) is 4.61. The molecule has 0 fully saturated rings. The molecule has 0 aromatic heterocycles. The molecule has 1 N–H and O–H groups in total. The van der Waals surface area contributed by atoms with E-state index in [9.17, 15) is 4.79 Å². The van der Waals surface area contributed by atoms with Crippen LogP contribution in [0.2, 0.25) is 0 Å². The first kappa shape index (κ1) is 13.4. The summed E-state index contributed by atoms with van der Waals surface area (Å²) >= 11 is 9.09. The summed E-state index contributed by atoms with van der Waals surface area (Å²) in [4.78, 5) is 11.7. The highest BCUT2D eigenvalue weighted by Crippen LogP contribution is 2.29. The number of carbonyl (C=O) groups excluding carboxylic acids is 1. The Labute approximate surface area is 119 Å². The van der Waals surface area contributed by atoms with E-state index in [1.165, 1.54) is 0 Å². The van der Waals surface area contributed by atoms with Gasteiger partial charge in [-0.05, 0) is 23.9 Å². The minimum absolute atomic E-state index is 0.00289. The molecule has 0 unspecified atom stereocenters.